The van der Waals surface area contributed by atoms with Gasteiger partial charge in [0.1, 0.15) is 17.2 Å². The Kier molecular flexibility index (Phi) is 7.20. The molecule has 1 aliphatic heterocycles. The Morgan fingerprint density at radius 1 is 1.14 bits per heavy atom. The fraction of sp³-hybridized carbons (Fsp3) is 0.346. The number of fused-ring (bicyclic) bond motifs is 1. The highest BCUT2D eigenvalue weighted by Crippen LogP contribution is 2.26. The molecule has 0 spiro atoms. The minimum Gasteiger partial charge on any atom is -0.362 e. The van der Waals surface area contributed by atoms with E-state index in [9.17, 15) is 4.79 Å². The number of halogens is 1. The summed E-state index contributed by atoms with van der Waals surface area (Å²) < 4.78 is 1.81. The number of hydrogen-bond acceptors (Lipinski definition) is 8. The van der Waals surface area contributed by atoms with E-state index in [1.54, 1.807) is 18.5 Å². The summed E-state index contributed by atoms with van der Waals surface area (Å²) in [6.45, 7) is 8.43. The zero-order chi connectivity index (χ0) is 25.9. The van der Waals surface area contributed by atoms with Crippen LogP contribution in [0.3, 0.4) is 0 Å². The normalized spacial score (nSPS) is 15.1. The van der Waals surface area contributed by atoms with Crippen molar-refractivity contribution in [2.45, 2.75) is 26.4 Å². The van der Waals surface area contributed by atoms with Gasteiger partial charge in [-0.3, -0.25) is 9.48 Å². The molecule has 0 radical (unpaired) electrons. The van der Waals surface area contributed by atoms with E-state index in [1.165, 1.54) is 0 Å². The van der Waals surface area contributed by atoms with Gasteiger partial charge in [0.2, 0.25) is 5.65 Å². The molecule has 1 aromatic carbocycles. The third kappa shape index (κ3) is 5.65. The molecule has 1 fully saturated rings. The maximum Gasteiger partial charge on any atom is 0.257 e. The van der Waals surface area contributed by atoms with Crippen LogP contribution < -0.4 is 15.5 Å². The number of nitrogens with one attached hydrogen (secondary N) is 2. The highest BCUT2D eigenvalue weighted by Gasteiger charge is 2.19. The number of aromatic nitrogens is 5. The first-order chi connectivity index (χ1) is 17.9. The largest absolute Gasteiger partial charge is 0.362 e. The molecule has 0 saturated carbocycles. The third-order valence-corrected chi connectivity index (χ3v) is 6.77. The molecule has 1 amide bonds. The Morgan fingerprint density at radius 3 is 2.70 bits per heavy atom. The van der Waals surface area contributed by atoms with Crippen LogP contribution in [0.25, 0.3) is 11.2 Å². The predicted octanol–water partition coefficient (Wildman–Crippen LogP) is 4.07. The number of amides is 1. The number of anilines is 3. The second-order valence-electron chi connectivity index (χ2n) is 9.21. The summed E-state index contributed by atoms with van der Waals surface area (Å²) in [5.41, 5.74) is 3.44. The molecule has 0 unspecified atom stereocenters. The number of aryl methyl sites for hydroxylation is 1. The molecule has 5 rings (SSSR count). The Bertz CT molecular complexity index is 1410. The molecule has 4 aromatic rings. The topological polar surface area (TPSA) is 104 Å². The number of nitrogens with zero attached hydrogens (tertiary/aromatic N) is 7. The quantitative estimate of drug-likeness (QED) is 0.376. The maximum atomic E-state index is 12.9. The van der Waals surface area contributed by atoms with Crippen molar-refractivity contribution in [1.82, 2.24) is 29.6 Å². The second-order valence-corrected chi connectivity index (χ2v) is 9.62. The summed E-state index contributed by atoms with van der Waals surface area (Å²) in [6, 6.07) is 9.29. The number of hydrogen-bond donors (Lipinski definition) is 2. The van der Waals surface area contributed by atoms with Crippen LogP contribution in [0.2, 0.25) is 5.02 Å². The van der Waals surface area contributed by atoms with Crippen molar-refractivity contribution in [3.63, 3.8) is 0 Å². The highest BCUT2D eigenvalue weighted by atomic mass is 35.5. The summed E-state index contributed by atoms with van der Waals surface area (Å²) in [7, 11) is 2.10. The van der Waals surface area contributed by atoms with Gasteiger partial charge in [-0.05, 0) is 44.7 Å². The van der Waals surface area contributed by atoms with E-state index in [1.807, 2.05) is 49.0 Å². The van der Waals surface area contributed by atoms with E-state index in [2.05, 4.69) is 47.5 Å². The zero-order valence-corrected chi connectivity index (χ0v) is 21.9. The molecule has 0 bridgehead atoms. The number of piperazine rings is 1. The molecule has 1 atom stereocenters. The van der Waals surface area contributed by atoms with Gasteiger partial charge in [0.25, 0.3) is 5.91 Å². The lowest BCUT2D eigenvalue weighted by molar-refractivity contribution is 0.102. The Morgan fingerprint density at radius 2 is 1.95 bits per heavy atom. The molecule has 1 saturated heterocycles. The van der Waals surface area contributed by atoms with Crippen molar-refractivity contribution in [1.29, 1.82) is 0 Å². The molecule has 1 aliphatic rings. The molecule has 37 heavy (non-hydrogen) atoms. The smallest absolute Gasteiger partial charge is 0.257 e. The van der Waals surface area contributed by atoms with Gasteiger partial charge in [-0.15, -0.1) is 0 Å². The van der Waals surface area contributed by atoms with Gasteiger partial charge >= 0.3 is 0 Å². The SMILES string of the molecule is CCn1cc2ncc(N[C@@H](C)c3cccc(NC(=O)c4cnc(N5CCN(C)CC5)c(Cl)c4)c3)nc2n1. The van der Waals surface area contributed by atoms with E-state index in [-0.39, 0.29) is 11.9 Å². The number of carbonyl (C=O) groups is 1. The maximum absolute atomic E-state index is 12.9. The first-order valence-corrected chi connectivity index (χ1v) is 12.7. The average molecular weight is 520 g/mol. The number of likely N-dealkylation sites (N-methyl/N-ethyl adjacent to an activating group) is 1. The van der Waals surface area contributed by atoms with Crippen LogP contribution in [0, 0.1) is 0 Å². The standard InChI is InChI=1S/C26H30ClN9O/c1-4-36-16-22-24(33-36)32-23(15-28-22)30-17(2)18-6-5-7-20(12-18)31-26(37)19-13-21(27)25(29-14-19)35-10-8-34(3)9-11-35/h5-7,12-17H,4,8-11H2,1-3H3,(H,31,37)(H,30,32,33)/t17-/m0/s1. The van der Waals surface area contributed by atoms with Crippen molar-refractivity contribution in [2.24, 2.45) is 0 Å². The van der Waals surface area contributed by atoms with E-state index >= 15 is 0 Å². The molecule has 4 heterocycles. The van der Waals surface area contributed by atoms with E-state index < -0.39 is 0 Å². The summed E-state index contributed by atoms with van der Waals surface area (Å²) in [6.07, 6.45) is 5.16. The number of rotatable bonds is 7. The number of benzene rings is 1. The van der Waals surface area contributed by atoms with Gasteiger partial charge in [0.05, 0.1) is 29.0 Å². The van der Waals surface area contributed by atoms with Crippen molar-refractivity contribution in [3.05, 3.63) is 65.1 Å². The van der Waals surface area contributed by atoms with Crippen LogP contribution in [0.1, 0.15) is 35.8 Å². The van der Waals surface area contributed by atoms with E-state index in [4.69, 9.17) is 11.6 Å². The fourth-order valence-corrected chi connectivity index (χ4v) is 4.56. The minimum atomic E-state index is -0.264. The van der Waals surface area contributed by atoms with Crippen molar-refractivity contribution in [2.75, 3.05) is 48.8 Å². The predicted molar refractivity (Wildman–Crippen MR) is 146 cm³/mol. The number of pyridine rings is 1. The van der Waals surface area contributed by atoms with Gasteiger partial charge in [0, 0.05) is 44.6 Å². The Labute approximate surface area is 220 Å². The monoisotopic (exact) mass is 519 g/mol. The Balaban J connectivity index is 1.25. The van der Waals surface area contributed by atoms with Crippen molar-refractivity contribution >= 4 is 46.0 Å². The third-order valence-electron chi connectivity index (χ3n) is 6.50. The van der Waals surface area contributed by atoms with Crippen LogP contribution in [0.5, 0.6) is 0 Å². The molecule has 10 nitrogen and oxygen atoms in total. The molecule has 11 heteroatoms. The highest BCUT2D eigenvalue weighted by molar-refractivity contribution is 6.33. The molecule has 0 aliphatic carbocycles. The average Bonchev–Trinajstić information content (AvgIpc) is 3.32. The lowest BCUT2D eigenvalue weighted by Crippen LogP contribution is -2.45. The molecular formula is C26H30ClN9O. The lowest BCUT2D eigenvalue weighted by atomic mass is 10.1. The van der Waals surface area contributed by atoms with Gasteiger partial charge < -0.3 is 20.4 Å². The zero-order valence-electron chi connectivity index (χ0n) is 21.1. The summed E-state index contributed by atoms with van der Waals surface area (Å²) in [4.78, 5) is 30.9. The second kappa shape index (κ2) is 10.7. The molecule has 192 valence electrons. The summed E-state index contributed by atoms with van der Waals surface area (Å²) in [5, 5.41) is 11.2. The van der Waals surface area contributed by atoms with Crippen LogP contribution >= 0.6 is 11.6 Å². The van der Waals surface area contributed by atoms with Crippen molar-refractivity contribution < 1.29 is 4.79 Å². The fourth-order valence-electron chi connectivity index (χ4n) is 4.28. The Hall–Kier alpha value is -3.76. The van der Waals surface area contributed by atoms with E-state index in [0.29, 0.717) is 27.7 Å². The van der Waals surface area contributed by atoms with Crippen molar-refractivity contribution in [3.8, 4) is 0 Å². The van der Waals surface area contributed by atoms with Crippen LogP contribution in [-0.4, -0.2) is 68.8 Å². The van der Waals surface area contributed by atoms with Crippen LogP contribution in [0.4, 0.5) is 17.3 Å². The molecule has 3 aromatic heterocycles. The van der Waals surface area contributed by atoms with E-state index in [0.717, 1.165) is 49.6 Å². The summed E-state index contributed by atoms with van der Waals surface area (Å²) in [5.74, 6) is 1.09. The van der Waals surface area contributed by atoms with Crippen LogP contribution in [0.15, 0.2) is 48.9 Å². The molecular weight excluding hydrogens is 490 g/mol. The molecule has 2 N–H and O–H groups in total. The number of carbonyl (C=O) groups excluding carboxylic acids is 1. The minimum absolute atomic E-state index is 0.0733. The van der Waals surface area contributed by atoms with Gasteiger partial charge in [-0.1, -0.05) is 23.7 Å². The van der Waals surface area contributed by atoms with Crippen LogP contribution in [-0.2, 0) is 6.54 Å². The van der Waals surface area contributed by atoms with Gasteiger partial charge in [0.15, 0.2) is 0 Å². The first-order valence-electron chi connectivity index (χ1n) is 12.4. The van der Waals surface area contributed by atoms with Gasteiger partial charge in [-0.2, -0.15) is 5.10 Å². The lowest BCUT2D eigenvalue weighted by Gasteiger charge is -2.33. The summed E-state index contributed by atoms with van der Waals surface area (Å²) >= 11 is 6.51. The first kappa shape index (κ1) is 24.9. The van der Waals surface area contributed by atoms with Gasteiger partial charge in [-0.25, -0.2) is 15.0 Å².